The van der Waals surface area contributed by atoms with Crippen LogP contribution in [0.3, 0.4) is 0 Å². The maximum atomic E-state index is 11.8. The number of nitrogens with zero attached hydrogens (tertiary/aromatic N) is 1. The average Bonchev–Trinajstić information content (AvgIpc) is 2.67. The monoisotopic (exact) mass is 329 g/mol. The van der Waals surface area contributed by atoms with Crippen molar-refractivity contribution in [2.24, 2.45) is 0 Å². The first-order valence-corrected chi connectivity index (χ1v) is 7.20. The van der Waals surface area contributed by atoms with E-state index in [1.165, 1.54) is 17.4 Å². The highest BCUT2D eigenvalue weighted by Gasteiger charge is 2.19. The molecule has 0 bridgehead atoms. The zero-order valence-corrected chi connectivity index (χ0v) is 12.4. The standard InChI is InChI=1S/C12H12BrNO3S/c1-3-14-8(15)6-5-7-9(13)10(18-11(7)14)12(16)17-4-2/h5-6H,3-4H2,1-2H3. The Bertz CT molecular complexity index is 659. The Morgan fingerprint density at radius 1 is 1.44 bits per heavy atom. The van der Waals surface area contributed by atoms with E-state index in [1.54, 1.807) is 17.6 Å². The summed E-state index contributed by atoms with van der Waals surface area (Å²) >= 11 is 4.68. The third kappa shape index (κ3) is 2.10. The van der Waals surface area contributed by atoms with Gasteiger partial charge in [-0.2, -0.15) is 0 Å². The van der Waals surface area contributed by atoms with Crippen molar-refractivity contribution in [3.63, 3.8) is 0 Å². The Labute approximate surface area is 116 Å². The van der Waals surface area contributed by atoms with Gasteiger partial charge in [0, 0.05) is 18.0 Å². The zero-order chi connectivity index (χ0) is 13.3. The number of aryl methyl sites for hydroxylation is 1. The molecule has 0 aliphatic heterocycles. The number of halogens is 1. The van der Waals surface area contributed by atoms with Crippen LogP contribution in [-0.2, 0) is 11.3 Å². The number of ether oxygens (including phenoxy) is 1. The largest absolute Gasteiger partial charge is 0.462 e. The number of thiophene rings is 1. The van der Waals surface area contributed by atoms with Crippen LogP contribution in [0.5, 0.6) is 0 Å². The molecular weight excluding hydrogens is 318 g/mol. The van der Waals surface area contributed by atoms with E-state index in [4.69, 9.17) is 4.74 Å². The van der Waals surface area contributed by atoms with Crippen molar-refractivity contribution in [3.05, 3.63) is 31.8 Å². The molecule has 18 heavy (non-hydrogen) atoms. The molecule has 6 heteroatoms. The first-order valence-electron chi connectivity index (χ1n) is 5.59. The van der Waals surface area contributed by atoms with Crippen molar-refractivity contribution in [1.82, 2.24) is 4.57 Å². The van der Waals surface area contributed by atoms with Crippen LogP contribution in [0.2, 0.25) is 0 Å². The van der Waals surface area contributed by atoms with Crippen molar-refractivity contribution >= 4 is 43.5 Å². The van der Waals surface area contributed by atoms with Crippen LogP contribution in [0, 0.1) is 0 Å². The molecule has 2 heterocycles. The number of hydrogen-bond donors (Lipinski definition) is 0. The quantitative estimate of drug-likeness (QED) is 0.813. The normalized spacial score (nSPS) is 10.8. The highest BCUT2D eigenvalue weighted by atomic mass is 79.9. The third-order valence-electron chi connectivity index (χ3n) is 2.55. The van der Waals surface area contributed by atoms with Gasteiger partial charge in [0.05, 0.1) is 11.1 Å². The van der Waals surface area contributed by atoms with E-state index < -0.39 is 0 Å². The number of esters is 1. The Morgan fingerprint density at radius 3 is 2.78 bits per heavy atom. The summed E-state index contributed by atoms with van der Waals surface area (Å²) in [6.45, 7) is 4.57. The van der Waals surface area contributed by atoms with E-state index in [9.17, 15) is 9.59 Å². The van der Waals surface area contributed by atoms with Gasteiger partial charge < -0.3 is 4.74 Å². The van der Waals surface area contributed by atoms with Gasteiger partial charge in [0.15, 0.2) is 0 Å². The van der Waals surface area contributed by atoms with E-state index >= 15 is 0 Å². The van der Waals surface area contributed by atoms with Gasteiger partial charge in [0.1, 0.15) is 9.71 Å². The minimum absolute atomic E-state index is 0.0610. The predicted octanol–water partition coefficient (Wildman–Crippen LogP) is 3.02. The van der Waals surface area contributed by atoms with Crippen molar-refractivity contribution in [1.29, 1.82) is 0 Å². The molecule has 0 aliphatic rings. The van der Waals surface area contributed by atoms with Gasteiger partial charge in [-0.15, -0.1) is 11.3 Å². The molecule has 2 aromatic heterocycles. The summed E-state index contributed by atoms with van der Waals surface area (Å²) in [6, 6.07) is 3.24. The summed E-state index contributed by atoms with van der Waals surface area (Å²) in [4.78, 5) is 24.8. The summed E-state index contributed by atoms with van der Waals surface area (Å²) in [5.41, 5.74) is -0.0610. The fraction of sp³-hybridized carbons (Fsp3) is 0.333. The maximum Gasteiger partial charge on any atom is 0.349 e. The van der Waals surface area contributed by atoms with E-state index in [-0.39, 0.29) is 11.5 Å². The van der Waals surface area contributed by atoms with Crippen LogP contribution in [0.25, 0.3) is 10.2 Å². The Hall–Kier alpha value is -1.14. The van der Waals surface area contributed by atoms with Crippen LogP contribution in [0.4, 0.5) is 0 Å². The molecule has 0 radical (unpaired) electrons. The minimum atomic E-state index is -0.360. The lowest BCUT2D eigenvalue weighted by atomic mass is 10.3. The molecule has 0 fully saturated rings. The van der Waals surface area contributed by atoms with Crippen molar-refractivity contribution < 1.29 is 9.53 Å². The van der Waals surface area contributed by atoms with Gasteiger partial charge in [-0.1, -0.05) is 0 Å². The van der Waals surface area contributed by atoms with Crippen LogP contribution in [-0.4, -0.2) is 17.1 Å². The molecule has 0 aromatic carbocycles. The Kier molecular flexibility index (Phi) is 3.87. The first-order chi connectivity index (χ1) is 8.60. The predicted molar refractivity (Wildman–Crippen MR) is 75.4 cm³/mol. The second-order valence-corrected chi connectivity index (χ2v) is 5.39. The van der Waals surface area contributed by atoms with E-state index in [0.717, 1.165) is 10.2 Å². The van der Waals surface area contributed by atoms with Crippen molar-refractivity contribution in [2.45, 2.75) is 20.4 Å². The highest BCUT2D eigenvalue weighted by molar-refractivity contribution is 9.10. The van der Waals surface area contributed by atoms with Crippen molar-refractivity contribution in [2.75, 3.05) is 6.61 Å². The fourth-order valence-corrected chi connectivity index (χ4v) is 3.73. The number of carbonyl (C=O) groups excluding carboxylic acids is 1. The van der Waals surface area contributed by atoms with Crippen LogP contribution < -0.4 is 5.56 Å². The molecule has 0 amide bonds. The van der Waals surface area contributed by atoms with Gasteiger partial charge in [-0.25, -0.2) is 4.79 Å². The van der Waals surface area contributed by atoms with Gasteiger partial charge in [-0.05, 0) is 35.8 Å². The summed E-state index contributed by atoms with van der Waals surface area (Å²) in [5, 5.41) is 0.865. The zero-order valence-electron chi connectivity index (χ0n) is 10.0. The number of hydrogen-bond acceptors (Lipinski definition) is 4. The van der Waals surface area contributed by atoms with Crippen LogP contribution in [0.15, 0.2) is 21.4 Å². The Morgan fingerprint density at radius 2 is 2.17 bits per heavy atom. The molecule has 4 nitrogen and oxygen atoms in total. The molecule has 2 aromatic rings. The molecule has 0 unspecified atom stereocenters. The summed E-state index contributed by atoms with van der Waals surface area (Å²) in [5.74, 6) is -0.360. The van der Waals surface area contributed by atoms with Gasteiger partial charge in [0.2, 0.25) is 0 Å². The van der Waals surface area contributed by atoms with Gasteiger partial charge >= 0.3 is 5.97 Å². The number of fused-ring (bicyclic) bond motifs is 1. The second-order valence-electron chi connectivity index (χ2n) is 3.60. The highest BCUT2D eigenvalue weighted by Crippen LogP contribution is 2.35. The Balaban J connectivity index is 2.69. The molecule has 2 rings (SSSR count). The molecule has 0 spiro atoms. The second kappa shape index (κ2) is 5.24. The fourth-order valence-electron chi connectivity index (χ4n) is 1.73. The molecular formula is C12H12BrNO3S. The smallest absolute Gasteiger partial charge is 0.349 e. The number of rotatable bonds is 3. The topological polar surface area (TPSA) is 48.3 Å². The maximum absolute atomic E-state index is 11.8. The number of pyridine rings is 1. The summed E-state index contributed by atoms with van der Waals surface area (Å²) in [7, 11) is 0. The van der Waals surface area contributed by atoms with Gasteiger partial charge in [-0.3, -0.25) is 9.36 Å². The molecule has 0 atom stereocenters. The first kappa shape index (κ1) is 13.3. The van der Waals surface area contributed by atoms with Crippen molar-refractivity contribution in [3.8, 4) is 0 Å². The van der Waals surface area contributed by atoms with E-state index in [1.807, 2.05) is 6.92 Å². The molecule has 96 valence electrons. The molecule has 0 saturated heterocycles. The lowest BCUT2D eigenvalue weighted by Crippen LogP contribution is -2.16. The third-order valence-corrected chi connectivity index (χ3v) is 4.84. The number of aromatic nitrogens is 1. The van der Waals surface area contributed by atoms with Gasteiger partial charge in [0.25, 0.3) is 5.56 Å². The summed E-state index contributed by atoms with van der Waals surface area (Å²) in [6.07, 6.45) is 0. The minimum Gasteiger partial charge on any atom is -0.462 e. The lowest BCUT2D eigenvalue weighted by molar-refractivity contribution is 0.0531. The van der Waals surface area contributed by atoms with Crippen LogP contribution >= 0.6 is 27.3 Å². The molecule has 0 saturated carbocycles. The molecule has 0 N–H and O–H groups in total. The number of carbonyl (C=O) groups is 1. The van der Waals surface area contributed by atoms with E-state index in [0.29, 0.717) is 22.5 Å². The summed E-state index contributed by atoms with van der Waals surface area (Å²) < 4.78 is 7.34. The van der Waals surface area contributed by atoms with Crippen LogP contribution in [0.1, 0.15) is 23.5 Å². The lowest BCUT2D eigenvalue weighted by Gasteiger charge is -2.01. The molecule has 0 aliphatic carbocycles. The van der Waals surface area contributed by atoms with E-state index in [2.05, 4.69) is 15.9 Å². The average molecular weight is 330 g/mol. The SMILES string of the molecule is CCOC(=O)c1sc2c(ccc(=O)n2CC)c1Br.